The van der Waals surface area contributed by atoms with E-state index in [1.54, 1.807) is 18.2 Å². The number of sulfonamides is 2. The van der Waals surface area contributed by atoms with E-state index in [0.29, 0.717) is 60.2 Å². The van der Waals surface area contributed by atoms with E-state index < -0.39 is 36.6 Å². The number of aromatic nitrogens is 2. The van der Waals surface area contributed by atoms with Crippen LogP contribution in [0.4, 0.5) is 20.4 Å². The minimum absolute atomic E-state index is 0.0136. The van der Waals surface area contributed by atoms with Crippen LogP contribution in [0.2, 0.25) is 5.02 Å². The summed E-state index contributed by atoms with van der Waals surface area (Å²) in [6.07, 6.45) is 0.971. The number of nitrogen functional groups attached to an aromatic ring is 1. The van der Waals surface area contributed by atoms with E-state index in [1.165, 1.54) is 22.5 Å². The Morgan fingerprint density at radius 1 is 0.953 bits per heavy atom. The lowest BCUT2D eigenvalue weighted by Gasteiger charge is -2.26. The Morgan fingerprint density at radius 3 is 2.47 bits per heavy atom. The van der Waals surface area contributed by atoms with Crippen molar-refractivity contribution in [1.29, 1.82) is 0 Å². The predicted molar refractivity (Wildman–Crippen MR) is 156 cm³/mol. The molecule has 1 aromatic heterocycles. The Hall–Kier alpha value is -3.69. The van der Waals surface area contributed by atoms with Crippen LogP contribution in [-0.2, 0) is 37.6 Å². The second-order valence-electron chi connectivity index (χ2n) is 9.97. The van der Waals surface area contributed by atoms with Gasteiger partial charge < -0.3 is 10.5 Å². The molecule has 43 heavy (non-hydrogen) atoms. The Morgan fingerprint density at radius 2 is 1.72 bits per heavy atom. The van der Waals surface area contributed by atoms with E-state index >= 15 is 0 Å². The molecular formula is C28H24ClF2N5O5S2. The summed E-state index contributed by atoms with van der Waals surface area (Å²) >= 11 is 6.46. The highest BCUT2D eigenvalue weighted by Crippen LogP contribution is 2.43. The highest BCUT2D eigenvalue weighted by molar-refractivity contribution is 7.92. The van der Waals surface area contributed by atoms with E-state index in [0.717, 1.165) is 17.7 Å². The van der Waals surface area contributed by atoms with Crippen molar-refractivity contribution >= 4 is 43.3 Å². The number of ether oxygens (including phenoxy) is 1. The molecule has 0 unspecified atom stereocenters. The van der Waals surface area contributed by atoms with Crippen LogP contribution in [-0.4, -0.2) is 57.4 Å². The van der Waals surface area contributed by atoms with Crippen LogP contribution < -0.4 is 10.5 Å². The molecule has 3 aromatic carbocycles. The number of hydrogen-bond donors (Lipinski definition) is 2. The van der Waals surface area contributed by atoms with Gasteiger partial charge >= 0.3 is 0 Å². The normalized spacial score (nSPS) is 15.5. The molecule has 10 nitrogen and oxygen atoms in total. The molecule has 0 bridgehead atoms. The lowest BCUT2D eigenvalue weighted by atomic mass is 9.86. The highest BCUT2D eigenvalue weighted by atomic mass is 35.5. The van der Waals surface area contributed by atoms with Crippen LogP contribution in [0.3, 0.4) is 0 Å². The second-order valence-corrected chi connectivity index (χ2v) is 14.0. The van der Waals surface area contributed by atoms with Crippen molar-refractivity contribution in [2.24, 2.45) is 0 Å². The van der Waals surface area contributed by atoms with E-state index in [9.17, 15) is 25.6 Å². The first kappa shape index (κ1) is 29.4. The summed E-state index contributed by atoms with van der Waals surface area (Å²) in [5, 5.41) is 0.0600. The summed E-state index contributed by atoms with van der Waals surface area (Å²) in [7, 11) is -8.32. The molecular weight excluding hydrogens is 624 g/mol. The fourth-order valence-corrected chi connectivity index (χ4v) is 8.09. The number of anilines is 2. The zero-order valence-corrected chi connectivity index (χ0v) is 24.7. The third-order valence-corrected chi connectivity index (χ3v) is 10.8. The summed E-state index contributed by atoms with van der Waals surface area (Å²) in [6.45, 7) is 1.07. The number of halogens is 3. The SMILES string of the molecule is Nc1nc2c(c(-c3cccc(S(=O)(=O)N4CCOCC4)c3)n1)-c1cc(NS(=O)(=O)c3ccc(F)cc3F)c(Cl)cc1CC2. The third kappa shape index (κ3) is 5.56. The van der Waals surface area contributed by atoms with Crippen molar-refractivity contribution in [2.45, 2.75) is 22.6 Å². The smallest absolute Gasteiger partial charge is 0.264 e. The number of morpholine rings is 1. The van der Waals surface area contributed by atoms with Crippen molar-refractivity contribution in [3.63, 3.8) is 0 Å². The molecule has 0 radical (unpaired) electrons. The van der Waals surface area contributed by atoms with Gasteiger partial charge in [-0.1, -0.05) is 23.7 Å². The van der Waals surface area contributed by atoms with E-state index in [4.69, 9.17) is 22.1 Å². The minimum Gasteiger partial charge on any atom is -0.379 e. The maximum absolute atomic E-state index is 14.4. The van der Waals surface area contributed by atoms with Gasteiger partial charge in [0.15, 0.2) is 0 Å². The Labute approximate surface area is 251 Å². The van der Waals surface area contributed by atoms with Gasteiger partial charge in [-0.3, -0.25) is 4.72 Å². The molecule has 0 saturated carbocycles. The largest absolute Gasteiger partial charge is 0.379 e. The first-order chi connectivity index (χ1) is 20.4. The van der Waals surface area contributed by atoms with Crippen molar-refractivity contribution < 1.29 is 30.4 Å². The Balaban J connectivity index is 1.45. The zero-order valence-electron chi connectivity index (χ0n) is 22.3. The van der Waals surface area contributed by atoms with Crippen LogP contribution in [0.5, 0.6) is 0 Å². The number of fused-ring (bicyclic) bond motifs is 3. The molecule has 1 aliphatic heterocycles. The number of rotatable bonds is 6. The van der Waals surface area contributed by atoms with Gasteiger partial charge in [0.25, 0.3) is 10.0 Å². The molecule has 1 fully saturated rings. The van der Waals surface area contributed by atoms with Gasteiger partial charge in [0, 0.05) is 30.3 Å². The van der Waals surface area contributed by atoms with Gasteiger partial charge in [-0.05, 0) is 60.4 Å². The number of nitrogens with one attached hydrogen (secondary N) is 1. The van der Waals surface area contributed by atoms with E-state index in [2.05, 4.69) is 14.7 Å². The molecule has 224 valence electrons. The minimum atomic E-state index is -4.50. The summed E-state index contributed by atoms with van der Waals surface area (Å²) in [5.41, 5.74) is 9.24. The number of hydrogen-bond acceptors (Lipinski definition) is 8. The van der Waals surface area contributed by atoms with Crippen LogP contribution in [0, 0.1) is 11.6 Å². The van der Waals surface area contributed by atoms with Crippen molar-refractivity contribution in [3.05, 3.63) is 82.5 Å². The topological polar surface area (TPSA) is 145 Å². The van der Waals surface area contributed by atoms with Gasteiger partial charge in [0.2, 0.25) is 16.0 Å². The van der Waals surface area contributed by atoms with Gasteiger partial charge in [-0.25, -0.2) is 35.6 Å². The van der Waals surface area contributed by atoms with Crippen LogP contribution in [0.25, 0.3) is 22.4 Å². The summed E-state index contributed by atoms with van der Waals surface area (Å²) in [6, 6.07) is 11.5. The average Bonchev–Trinajstić information content (AvgIpc) is 2.97. The lowest BCUT2D eigenvalue weighted by molar-refractivity contribution is 0.0730. The average molecular weight is 648 g/mol. The van der Waals surface area contributed by atoms with E-state index in [-0.39, 0.29) is 34.6 Å². The standard InChI is InChI=1S/C28H24ClF2N5O5S2/c29-21-13-16-4-6-23-26(20(16)15-24(21)35-42(37,38)25-7-5-18(30)14-22(25)31)27(34-28(32)33-23)17-2-1-3-19(12-17)43(39,40)36-8-10-41-11-9-36/h1-3,5,7,12-15,35H,4,6,8-11H2,(H2,32,33,34). The Bertz CT molecular complexity index is 1990. The van der Waals surface area contributed by atoms with Gasteiger partial charge in [-0.15, -0.1) is 0 Å². The molecule has 0 atom stereocenters. The number of aryl methyl sites for hydroxylation is 2. The number of nitrogens with zero attached hydrogens (tertiary/aromatic N) is 3. The number of nitrogens with two attached hydrogens (primary N) is 1. The summed E-state index contributed by atoms with van der Waals surface area (Å²) in [4.78, 5) is 8.19. The predicted octanol–water partition coefficient (Wildman–Crippen LogP) is 4.24. The van der Waals surface area contributed by atoms with Gasteiger partial charge in [0.1, 0.15) is 16.5 Å². The first-order valence-electron chi connectivity index (χ1n) is 13.1. The maximum Gasteiger partial charge on any atom is 0.264 e. The molecule has 15 heteroatoms. The highest BCUT2D eigenvalue weighted by Gasteiger charge is 2.29. The van der Waals surface area contributed by atoms with Crippen molar-refractivity contribution in [3.8, 4) is 22.4 Å². The third-order valence-electron chi connectivity index (χ3n) is 7.24. The molecule has 0 spiro atoms. The second kappa shape index (κ2) is 11.1. The van der Waals surface area contributed by atoms with Crippen molar-refractivity contribution in [2.75, 3.05) is 36.8 Å². The molecule has 6 rings (SSSR count). The first-order valence-corrected chi connectivity index (χ1v) is 16.4. The molecule has 2 heterocycles. The number of benzene rings is 3. The van der Waals surface area contributed by atoms with Crippen molar-refractivity contribution in [1.82, 2.24) is 14.3 Å². The summed E-state index contributed by atoms with van der Waals surface area (Å²) in [5.74, 6) is -2.20. The Kier molecular flexibility index (Phi) is 7.59. The fourth-order valence-electron chi connectivity index (χ4n) is 5.22. The summed E-state index contributed by atoms with van der Waals surface area (Å²) < 4.78 is 89.6. The van der Waals surface area contributed by atoms with Gasteiger partial charge in [-0.2, -0.15) is 4.31 Å². The quantitative estimate of drug-likeness (QED) is 0.316. The molecule has 4 aromatic rings. The van der Waals surface area contributed by atoms with Crippen LogP contribution >= 0.6 is 11.6 Å². The zero-order chi connectivity index (χ0) is 30.5. The monoisotopic (exact) mass is 647 g/mol. The molecule has 1 saturated heterocycles. The lowest BCUT2D eigenvalue weighted by Crippen LogP contribution is -2.40. The molecule has 0 amide bonds. The van der Waals surface area contributed by atoms with Crippen LogP contribution in [0.15, 0.2) is 64.4 Å². The van der Waals surface area contributed by atoms with Crippen LogP contribution in [0.1, 0.15) is 11.3 Å². The molecule has 3 N–H and O–H groups in total. The fraction of sp³-hybridized carbons (Fsp3) is 0.214. The molecule has 1 aliphatic carbocycles. The molecule has 2 aliphatic rings. The van der Waals surface area contributed by atoms with E-state index in [1.807, 2.05) is 0 Å². The maximum atomic E-state index is 14.4. The van der Waals surface area contributed by atoms with Gasteiger partial charge in [0.05, 0.1) is 40.2 Å².